The van der Waals surface area contributed by atoms with Crippen LogP contribution in [0.5, 0.6) is 0 Å². The first-order valence-corrected chi connectivity index (χ1v) is 13.8. The van der Waals surface area contributed by atoms with E-state index in [1.807, 2.05) is 24.3 Å². The molecule has 186 valence electrons. The maximum Gasteiger partial charge on any atom is 0.243 e. The van der Waals surface area contributed by atoms with Crippen LogP contribution in [0.2, 0.25) is 0 Å². The first kappa shape index (κ1) is 26.3. The van der Waals surface area contributed by atoms with Crippen LogP contribution in [0.1, 0.15) is 69.4 Å². The maximum atomic E-state index is 12.9. The zero-order valence-corrected chi connectivity index (χ0v) is 21.2. The Balaban J connectivity index is 1.46. The molecule has 2 N–H and O–H groups in total. The van der Waals surface area contributed by atoms with E-state index in [-0.39, 0.29) is 23.9 Å². The normalized spacial score (nSPS) is 19.8. The molecular formula is C27H39N3O3S. The van der Waals surface area contributed by atoms with Gasteiger partial charge in [0, 0.05) is 37.1 Å². The lowest BCUT2D eigenvalue weighted by atomic mass is 9.84. The molecule has 7 heteroatoms. The molecule has 0 spiro atoms. The van der Waals surface area contributed by atoms with Crippen molar-refractivity contribution in [2.45, 2.75) is 76.1 Å². The molecule has 2 atom stereocenters. The molecule has 1 saturated heterocycles. The predicted octanol–water partition coefficient (Wildman–Crippen LogP) is 4.15. The Kier molecular flexibility index (Phi) is 11.0. The van der Waals surface area contributed by atoms with E-state index >= 15 is 0 Å². The fourth-order valence-corrected chi connectivity index (χ4v) is 5.81. The standard InChI is InChI=1S/C27H39N3O3S/c1-21(24-11-3-2-4-12-24)29-27(33)25-13-7-16-30(25)26(32)14-6-9-22-8-5-10-23(18-22)19-34-17-15-28-20-31/h5-6,8-10,18,20-21,24-25H,2-4,7,11-17,19H2,1H3,(H,28,31)(H,29,33)/b9-6+. The monoisotopic (exact) mass is 485 g/mol. The van der Waals surface area contributed by atoms with Gasteiger partial charge in [0.25, 0.3) is 0 Å². The average Bonchev–Trinajstić information content (AvgIpc) is 3.35. The summed E-state index contributed by atoms with van der Waals surface area (Å²) >= 11 is 1.77. The molecule has 3 rings (SSSR count). The summed E-state index contributed by atoms with van der Waals surface area (Å²) in [5, 5.41) is 5.89. The lowest BCUT2D eigenvalue weighted by Crippen LogP contribution is -2.49. The molecule has 2 aliphatic rings. The van der Waals surface area contributed by atoms with Gasteiger partial charge in [-0.05, 0) is 49.7 Å². The van der Waals surface area contributed by atoms with Gasteiger partial charge in [-0.3, -0.25) is 14.4 Å². The molecule has 1 aromatic carbocycles. The van der Waals surface area contributed by atoms with E-state index in [0.717, 1.165) is 36.3 Å². The van der Waals surface area contributed by atoms with E-state index in [4.69, 9.17) is 0 Å². The zero-order chi connectivity index (χ0) is 24.2. The Hall–Kier alpha value is -2.28. The quantitative estimate of drug-likeness (QED) is 0.344. The van der Waals surface area contributed by atoms with E-state index in [1.165, 1.54) is 37.7 Å². The fourth-order valence-electron chi connectivity index (χ4n) is 4.99. The topological polar surface area (TPSA) is 78.5 Å². The minimum Gasteiger partial charge on any atom is -0.358 e. The maximum absolute atomic E-state index is 12.9. The van der Waals surface area contributed by atoms with E-state index in [0.29, 0.717) is 25.4 Å². The van der Waals surface area contributed by atoms with E-state index < -0.39 is 0 Å². The van der Waals surface area contributed by atoms with Crippen molar-refractivity contribution < 1.29 is 14.4 Å². The molecule has 2 fully saturated rings. The number of likely N-dealkylation sites (tertiary alicyclic amines) is 1. The van der Waals surface area contributed by atoms with Gasteiger partial charge in [-0.2, -0.15) is 11.8 Å². The number of thioether (sulfide) groups is 1. The van der Waals surface area contributed by atoms with Gasteiger partial charge in [0.2, 0.25) is 18.2 Å². The van der Waals surface area contributed by atoms with Gasteiger partial charge in [-0.15, -0.1) is 0 Å². The number of carbonyl (C=O) groups is 3. The summed E-state index contributed by atoms with van der Waals surface area (Å²) in [6.07, 6.45) is 12.7. The second-order valence-corrected chi connectivity index (χ2v) is 10.5. The minimum absolute atomic E-state index is 0.0152. The summed E-state index contributed by atoms with van der Waals surface area (Å²) in [6, 6.07) is 8.11. The van der Waals surface area contributed by atoms with E-state index in [1.54, 1.807) is 16.7 Å². The first-order valence-electron chi connectivity index (χ1n) is 12.7. The Bertz CT molecular complexity index is 838. The van der Waals surface area contributed by atoms with Gasteiger partial charge in [0.05, 0.1) is 0 Å². The summed E-state index contributed by atoms with van der Waals surface area (Å²) in [6.45, 7) is 3.45. The van der Waals surface area contributed by atoms with Crippen LogP contribution < -0.4 is 10.6 Å². The van der Waals surface area contributed by atoms with Crippen molar-refractivity contribution in [2.24, 2.45) is 5.92 Å². The summed E-state index contributed by atoms with van der Waals surface area (Å²) in [7, 11) is 0. The molecule has 2 unspecified atom stereocenters. The first-order chi connectivity index (χ1) is 16.6. The highest BCUT2D eigenvalue weighted by molar-refractivity contribution is 7.98. The molecule has 0 aromatic heterocycles. The van der Waals surface area contributed by atoms with Crippen molar-refractivity contribution in [3.8, 4) is 0 Å². The zero-order valence-electron chi connectivity index (χ0n) is 20.3. The Labute approximate surface area is 208 Å². The molecule has 0 bridgehead atoms. The number of nitrogens with zero attached hydrogens (tertiary/aromatic N) is 1. The molecule has 6 nitrogen and oxygen atoms in total. The average molecular weight is 486 g/mol. The van der Waals surface area contributed by atoms with Crippen molar-refractivity contribution in [2.75, 3.05) is 18.8 Å². The van der Waals surface area contributed by atoms with Crippen LogP contribution in [0, 0.1) is 5.92 Å². The molecule has 1 saturated carbocycles. The molecule has 3 amide bonds. The summed E-state index contributed by atoms with van der Waals surface area (Å²) in [4.78, 5) is 37.9. The van der Waals surface area contributed by atoms with Crippen LogP contribution in [0.3, 0.4) is 0 Å². The van der Waals surface area contributed by atoms with Gasteiger partial charge >= 0.3 is 0 Å². The lowest BCUT2D eigenvalue weighted by molar-refractivity contribution is -0.138. The molecule has 1 aromatic rings. The molecule has 1 aliphatic carbocycles. The smallest absolute Gasteiger partial charge is 0.243 e. The Morgan fingerprint density at radius 2 is 2.00 bits per heavy atom. The van der Waals surface area contributed by atoms with Crippen molar-refractivity contribution >= 4 is 36.1 Å². The van der Waals surface area contributed by atoms with Gasteiger partial charge < -0.3 is 15.5 Å². The van der Waals surface area contributed by atoms with Crippen molar-refractivity contribution in [3.05, 3.63) is 41.5 Å². The SMILES string of the molecule is CC(NC(=O)C1CCCN1C(=O)C/C=C/c1cccc(CSCCNC=O)c1)C1CCCCC1. The predicted molar refractivity (Wildman–Crippen MR) is 139 cm³/mol. The molecular weight excluding hydrogens is 446 g/mol. The second kappa shape index (κ2) is 14.2. The number of amides is 3. The number of hydrogen-bond donors (Lipinski definition) is 2. The van der Waals surface area contributed by atoms with Gasteiger partial charge in [0.1, 0.15) is 6.04 Å². The third kappa shape index (κ3) is 8.19. The molecule has 1 heterocycles. The van der Waals surface area contributed by atoms with Gasteiger partial charge in [-0.25, -0.2) is 0 Å². The largest absolute Gasteiger partial charge is 0.358 e. The Morgan fingerprint density at radius 1 is 1.18 bits per heavy atom. The van der Waals surface area contributed by atoms with Crippen molar-refractivity contribution in [1.29, 1.82) is 0 Å². The molecule has 1 aliphatic heterocycles. The van der Waals surface area contributed by atoms with Crippen LogP contribution in [0.4, 0.5) is 0 Å². The number of carbonyl (C=O) groups excluding carboxylic acids is 3. The highest BCUT2D eigenvalue weighted by Gasteiger charge is 2.34. The van der Waals surface area contributed by atoms with Crippen LogP contribution >= 0.6 is 11.8 Å². The summed E-state index contributed by atoms with van der Waals surface area (Å²) in [5.74, 6) is 2.35. The number of rotatable bonds is 12. The highest BCUT2D eigenvalue weighted by atomic mass is 32.2. The van der Waals surface area contributed by atoms with Crippen LogP contribution in [-0.4, -0.2) is 54.1 Å². The minimum atomic E-state index is -0.332. The van der Waals surface area contributed by atoms with E-state index in [2.05, 4.69) is 29.7 Å². The van der Waals surface area contributed by atoms with Gasteiger partial charge in [-0.1, -0.05) is 55.7 Å². The van der Waals surface area contributed by atoms with Crippen molar-refractivity contribution in [1.82, 2.24) is 15.5 Å². The molecule has 0 radical (unpaired) electrons. The van der Waals surface area contributed by atoms with E-state index in [9.17, 15) is 14.4 Å². The van der Waals surface area contributed by atoms with Crippen LogP contribution in [0.25, 0.3) is 6.08 Å². The lowest BCUT2D eigenvalue weighted by Gasteiger charge is -2.30. The summed E-state index contributed by atoms with van der Waals surface area (Å²) < 4.78 is 0. The number of hydrogen-bond acceptors (Lipinski definition) is 4. The fraction of sp³-hybridized carbons (Fsp3) is 0.593. The van der Waals surface area contributed by atoms with Crippen LogP contribution in [0.15, 0.2) is 30.3 Å². The number of nitrogens with one attached hydrogen (secondary N) is 2. The molecule has 34 heavy (non-hydrogen) atoms. The second-order valence-electron chi connectivity index (χ2n) is 9.42. The van der Waals surface area contributed by atoms with Gasteiger partial charge in [0.15, 0.2) is 0 Å². The number of benzene rings is 1. The summed E-state index contributed by atoms with van der Waals surface area (Å²) in [5.41, 5.74) is 2.28. The Morgan fingerprint density at radius 3 is 2.79 bits per heavy atom. The third-order valence-corrected chi connectivity index (χ3v) is 7.93. The van der Waals surface area contributed by atoms with Crippen molar-refractivity contribution in [3.63, 3.8) is 0 Å². The highest BCUT2D eigenvalue weighted by Crippen LogP contribution is 2.27. The van der Waals surface area contributed by atoms with Crippen LogP contribution in [-0.2, 0) is 20.1 Å². The third-order valence-electron chi connectivity index (χ3n) is 6.90.